The number of carbonyl (C=O) groups is 1. The Morgan fingerprint density at radius 1 is 1.15 bits per heavy atom. The molecule has 3 aromatic rings. The number of benzene rings is 2. The van der Waals surface area contributed by atoms with Gasteiger partial charge in [0.1, 0.15) is 0 Å². The highest BCUT2D eigenvalue weighted by atomic mass is 16.6. The van der Waals surface area contributed by atoms with Gasteiger partial charge in [-0.1, -0.05) is 18.2 Å². The standard InChI is InChI=1S/C17H14N4O5/c22-15(18-11-4-3-5-12(10-11)21(25)26)8-9-20-14-7-2-1-6-13(14)16(23)19-17(20)24/h1-7,10H,8-9H2,(H,18,22)(H,19,23,24). The van der Waals surface area contributed by atoms with E-state index in [1.165, 1.54) is 28.8 Å². The Balaban J connectivity index is 1.77. The number of nitro groups is 1. The molecule has 9 heteroatoms. The van der Waals surface area contributed by atoms with Crippen LogP contribution in [-0.2, 0) is 11.3 Å². The van der Waals surface area contributed by atoms with Gasteiger partial charge in [-0.2, -0.15) is 0 Å². The molecule has 0 unspecified atom stereocenters. The van der Waals surface area contributed by atoms with Crippen LogP contribution >= 0.6 is 0 Å². The van der Waals surface area contributed by atoms with E-state index in [2.05, 4.69) is 10.3 Å². The molecule has 132 valence electrons. The Bertz CT molecular complexity index is 1120. The van der Waals surface area contributed by atoms with Crippen molar-refractivity contribution in [2.24, 2.45) is 0 Å². The van der Waals surface area contributed by atoms with Crippen LogP contribution in [0.15, 0.2) is 58.1 Å². The van der Waals surface area contributed by atoms with Crippen LogP contribution < -0.4 is 16.6 Å². The fraction of sp³-hybridized carbons (Fsp3) is 0.118. The molecule has 1 aromatic heterocycles. The molecule has 3 rings (SSSR count). The third-order valence-corrected chi connectivity index (χ3v) is 3.81. The molecular formula is C17H14N4O5. The maximum absolute atomic E-state index is 12.1. The molecule has 0 aliphatic heterocycles. The Hall–Kier alpha value is -3.75. The van der Waals surface area contributed by atoms with Crippen molar-refractivity contribution in [1.29, 1.82) is 0 Å². The lowest BCUT2D eigenvalue weighted by Gasteiger charge is -2.09. The number of aromatic nitrogens is 2. The summed E-state index contributed by atoms with van der Waals surface area (Å²) in [7, 11) is 0. The summed E-state index contributed by atoms with van der Waals surface area (Å²) in [6, 6.07) is 12.2. The average Bonchev–Trinajstić information content (AvgIpc) is 2.61. The van der Waals surface area contributed by atoms with Gasteiger partial charge in [-0.25, -0.2) is 4.79 Å². The number of non-ortho nitro benzene ring substituents is 1. The molecule has 0 fully saturated rings. The summed E-state index contributed by atoms with van der Waals surface area (Å²) in [6.45, 7) is 0.0525. The second-order valence-corrected chi connectivity index (χ2v) is 5.53. The number of carbonyl (C=O) groups excluding carboxylic acids is 1. The van der Waals surface area contributed by atoms with Gasteiger partial charge in [0.15, 0.2) is 0 Å². The molecule has 1 heterocycles. The number of amides is 1. The van der Waals surface area contributed by atoms with Gasteiger partial charge < -0.3 is 5.32 Å². The molecule has 0 aliphatic carbocycles. The first-order valence-electron chi connectivity index (χ1n) is 7.72. The van der Waals surface area contributed by atoms with Gasteiger partial charge in [-0.15, -0.1) is 0 Å². The minimum absolute atomic E-state index is 0.0430. The zero-order valence-electron chi connectivity index (χ0n) is 13.5. The lowest BCUT2D eigenvalue weighted by atomic mass is 10.2. The number of nitrogens with one attached hydrogen (secondary N) is 2. The number of aryl methyl sites for hydroxylation is 1. The van der Waals surface area contributed by atoms with Crippen molar-refractivity contribution in [3.8, 4) is 0 Å². The Morgan fingerprint density at radius 3 is 2.69 bits per heavy atom. The van der Waals surface area contributed by atoms with Crippen molar-refractivity contribution >= 4 is 28.2 Å². The molecule has 0 bridgehead atoms. The largest absolute Gasteiger partial charge is 0.328 e. The quantitative estimate of drug-likeness (QED) is 0.532. The number of rotatable bonds is 5. The predicted molar refractivity (Wildman–Crippen MR) is 95.2 cm³/mol. The van der Waals surface area contributed by atoms with E-state index in [0.29, 0.717) is 16.6 Å². The normalized spacial score (nSPS) is 10.6. The third-order valence-electron chi connectivity index (χ3n) is 3.81. The topological polar surface area (TPSA) is 127 Å². The molecule has 2 aromatic carbocycles. The molecule has 26 heavy (non-hydrogen) atoms. The van der Waals surface area contributed by atoms with Crippen LogP contribution in [0.2, 0.25) is 0 Å². The van der Waals surface area contributed by atoms with E-state index in [1.54, 1.807) is 24.3 Å². The Labute approximate surface area is 146 Å². The number of nitrogens with zero attached hydrogens (tertiary/aromatic N) is 2. The minimum atomic E-state index is -0.600. The molecule has 0 spiro atoms. The summed E-state index contributed by atoms with van der Waals surface area (Å²) >= 11 is 0. The third kappa shape index (κ3) is 3.51. The summed E-state index contributed by atoms with van der Waals surface area (Å²) in [6.07, 6.45) is -0.0430. The van der Waals surface area contributed by atoms with Gasteiger partial charge in [0.25, 0.3) is 11.2 Å². The van der Waals surface area contributed by atoms with Crippen LogP contribution in [0.5, 0.6) is 0 Å². The van der Waals surface area contributed by atoms with E-state index < -0.39 is 22.1 Å². The Kier molecular flexibility index (Phi) is 4.61. The smallest absolute Gasteiger partial charge is 0.326 e. The lowest BCUT2D eigenvalue weighted by molar-refractivity contribution is -0.384. The summed E-state index contributed by atoms with van der Waals surface area (Å²) in [5.74, 6) is -0.410. The molecule has 0 saturated carbocycles. The molecule has 9 nitrogen and oxygen atoms in total. The van der Waals surface area contributed by atoms with Crippen LogP contribution in [0, 0.1) is 10.1 Å². The fourth-order valence-electron chi connectivity index (χ4n) is 2.60. The second-order valence-electron chi connectivity index (χ2n) is 5.53. The number of hydrogen-bond acceptors (Lipinski definition) is 5. The van der Waals surface area contributed by atoms with Crippen molar-refractivity contribution in [2.75, 3.05) is 5.32 Å². The maximum atomic E-state index is 12.1. The minimum Gasteiger partial charge on any atom is -0.326 e. The van der Waals surface area contributed by atoms with Gasteiger partial charge in [0, 0.05) is 30.8 Å². The highest BCUT2D eigenvalue weighted by Crippen LogP contribution is 2.17. The van der Waals surface area contributed by atoms with Gasteiger partial charge in [-0.3, -0.25) is 29.3 Å². The van der Waals surface area contributed by atoms with E-state index in [9.17, 15) is 24.5 Å². The number of anilines is 1. The maximum Gasteiger partial charge on any atom is 0.328 e. The lowest BCUT2D eigenvalue weighted by Crippen LogP contribution is -2.31. The van der Waals surface area contributed by atoms with Crippen molar-refractivity contribution in [2.45, 2.75) is 13.0 Å². The SMILES string of the molecule is O=C(CCn1c(=O)[nH]c(=O)c2ccccc21)Nc1cccc([N+](=O)[O-])c1. The number of aromatic amines is 1. The summed E-state index contributed by atoms with van der Waals surface area (Å²) in [5, 5.41) is 13.7. The van der Waals surface area contributed by atoms with Crippen LogP contribution in [0.25, 0.3) is 10.9 Å². The number of nitro benzene ring substituents is 1. The van der Waals surface area contributed by atoms with Crippen molar-refractivity contribution < 1.29 is 9.72 Å². The van der Waals surface area contributed by atoms with E-state index in [1.807, 2.05) is 0 Å². The van der Waals surface area contributed by atoms with Crippen molar-refractivity contribution in [3.05, 3.63) is 79.5 Å². The average molecular weight is 354 g/mol. The highest BCUT2D eigenvalue weighted by molar-refractivity contribution is 5.91. The molecule has 1 amide bonds. The zero-order chi connectivity index (χ0) is 18.7. The van der Waals surface area contributed by atoms with Gasteiger partial charge >= 0.3 is 5.69 Å². The highest BCUT2D eigenvalue weighted by Gasteiger charge is 2.11. The molecular weight excluding hydrogens is 340 g/mol. The van der Waals surface area contributed by atoms with Gasteiger partial charge in [0.05, 0.1) is 15.8 Å². The van der Waals surface area contributed by atoms with Crippen LogP contribution in [0.4, 0.5) is 11.4 Å². The van der Waals surface area contributed by atoms with Crippen LogP contribution in [0.3, 0.4) is 0 Å². The number of H-pyrrole nitrogens is 1. The van der Waals surface area contributed by atoms with Gasteiger partial charge in [0.2, 0.25) is 5.91 Å². The predicted octanol–water partition coefficient (Wildman–Crippen LogP) is 1.63. The van der Waals surface area contributed by atoms with Crippen LogP contribution in [-0.4, -0.2) is 20.4 Å². The van der Waals surface area contributed by atoms with E-state index in [-0.39, 0.29) is 18.7 Å². The van der Waals surface area contributed by atoms with Crippen molar-refractivity contribution in [3.63, 3.8) is 0 Å². The van der Waals surface area contributed by atoms with E-state index in [0.717, 1.165) is 0 Å². The second kappa shape index (κ2) is 7.01. The number of hydrogen-bond donors (Lipinski definition) is 2. The summed E-state index contributed by atoms with van der Waals surface area (Å²) < 4.78 is 1.31. The monoisotopic (exact) mass is 354 g/mol. The van der Waals surface area contributed by atoms with E-state index >= 15 is 0 Å². The van der Waals surface area contributed by atoms with Gasteiger partial charge in [-0.05, 0) is 18.2 Å². The van der Waals surface area contributed by atoms with E-state index in [4.69, 9.17) is 0 Å². The zero-order valence-corrected chi connectivity index (χ0v) is 13.5. The Morgan fingerprint density at radius 2 is 1.92 bits per heavy atom. The first kappa shape index (κ1) is 17.1. The molecule has 0 atom stereocenters. The first-order chi connectivity index (χ1) is 12.5. The van der Waals surface area contributed by atoms with Crippen molar-refractivity contribution in [1.82, 2.24) is 9.55 Å². The molecule has 0 aliphatic rings. The number of fused-ring (bicyclic) bond motifs is 1. The number of para-hydroxylation sites is 1. The van der Waals surface area contributed by atoms with Crippen LogP contribution in [0.1, 0.15) is 6.42 Å². The molecule has 0 radical (unpaired) electrons. The fourth-order valence-corrected chi connectivity index (χ4v) is 2.60. The summed E-state index contributed by atoms with van der Waals surface area (Å²) in [5.41, 5.74) is -0.488. The summed E-state index contributed by atoms with van der Waals surface area (Å²) in [4.78, 5) is 48.4. The first-order valence-corrected chi connectivity index (χ1v) is 7.72. The molecule has 0 saturated heterocycles. The molecule has 2 N–H and O–H groups in total.